The molecule has 2 aromatic carbocycles. The Morgan fingerprint density at radius 2 is 1.93 bits per heavy atom. The third-order valence-electron chi connectivity index (χ3n) is 4.37. The van der Waals surface area contributed by atoms with Crippen LogP contribution in [0.3, 0.4) is 0 Å². The smallest absolute Gasteiger partial charge is 0.250 e. The third-order valence-corrected chi connectivity index (χ3v) is 5.63. The van der Waals surface area contributed by atoms with E-state index in [1.165, 1.54) is 17.8 Å². The second kappa shape index (κ2) is 9.76. The lowest BCUT2D eigenvalue weighted by molar-refractivity contribution is -0.118. The molecular formula is C22H21ClFN3OS. The number of hydrogen-bond donors (Lipinski definition) is 1. The number of halogens is 2. The maximum atomic E-state index is 14.1. The number of thioether (sulfide) groups is 1. The summed E-state index contributed by atoms with van der Waals surface area (Å²) >= 11 is 7.36. The Morgan fingerprint density at radius 1 is 1.21 bits per heavy atom. The van der Waals surface area contributed by atoms with Gasteiger partial charge in [0.05, 0.1) is 17.7 Å². The van der Waals surface area contributed by atoms with Crippen LogP contribution in [0.15, 0.2) is 59.7 Å². The van der Waals surface area contributed by atoms with Crippen molar-refractivity contribution in [1.29, 1.82) is 0 Å². The van der Waals surface area contributed by atoms with E-state index in [4.69, 9.17) is 11.6 Å². The van der Waals surface area contributed by atoms with E-state index >= 15 is 0 Å². The van der Waals surface area contributed by atoms with Crippen molar-refractivity contribution >= 4 is 35.5 Å². The third kappa shape index (κ3) is 5.49. The van der Waals surface area contributed by atoms with Crippen molar-refractivity contribution in [3.8, 4) is 5.69 Å². The number of carbonyl (C=O) groups excluding carboxylic acids is 1. The van der Waals surface area contributed by atoms with Crippen LogP contribution in [0.25, 0.3) is 5.69 Å². The van der Waals surface area contributed by atoms with Crippen molar-refractivity contribution in [2.24, 2.45) is 5.10 Å². The van der Waals surface area contributed by atoms with Gasteiger partial charge in [0.2, 0.25) is 5.91 Å². The molecule has 7 heteroatoms. The van der Waals surface area contributed by atoms with Gasteiger partial charge in [0.25, 0.3) is 0 Å². The highest BCUT2D eigenvalue weighted by molar-refractivity contribution is 7.99. The highest BCUT2D eigenvalue weighted by Gasteiger charge is 2.12. The summed E-state index contributed by atoms with van der Waals surface area (Å²) in [6.07, 6.45) is 1.58. The SMILES string of the molecule is Cc1cc(/C=N\NC(=O)CSCc2ccc(Cl)cc2)c(C)n1-c1ccccc1F. The van der Waals surface area contributed by atoms with Crippen LogP contribution in [0.5, 0.6) is 0 Å². The first-order chi connectivity index (χ1) is 14.0. The number of hydrazone groups is 1. The topological polar surface area (TPSA) is 46.4 Å². The molecular weight excluding hydrogens is 409 g/mol. The summed E-state index contributed by atoms with van der Waals surface area (Å²) in [6.45, 7) is 3.80. The van der Waals surface area contributed by atoms with Crippen LogP contribution in [-0.2, 0) is 10.5 Å². The van der Waals surface area contributed by atoms with Crippen LogP contribution in [0.1, 0.15) is 22.5 Å². The van der Waals surface area contributed by atoms with E-state index in [1.807, 2.05) is 48.7 Å². The highest BCUT2D eigenvalue weighted by Crippen LogP contribution is 2.22. The first-order valence-corrected chi connectivity index (χ1v) is 10.6. The molecule has 0 aliphatic heterocycles. The van der Waals surface area contributed by atoms with Gasteiger partial charge in [0, 0.05) is 27.7 Å². The van der Waals surface area contributed by atoms with E-state index in [0.29, 0.717) is 16.5 Å². The predicted molar refractivity (Wildman–Crippen MR) is 119 cm³/mol. The number of aromatic nitrogens is 1. The van der Waals surface area contributed by atoms with E-state index in [1.54, 1.807) is 24.4 Å². The van der Waals surface area contributed by atoms with Crippen molar-refractivity contribution in [1.82, 2.24) is 9.99 Å². The van der Waals surface area contributed by atoms with Gasteiger partial charge < -0.3 is 4.57 Å². The Balaban J connectivity index is 1.56. The zero-order valence-corrected chi connectivity index (χ0v) is 17.7. The molecule has 0 aliphatic rings. The Bertz CT molecular complexity index is 1030. The molecule has 0 saturated carbocycles. The van der Waals surface area contributed by atoms with Crippen molar-refractivity contribution in [2.45, 2.75) is 19.6 Å². The molecule has 1 heterocycles. The number of para-hydroxylation sites is 1. The molecule has 0 saturated heterocycles. The van der Waals surface area contributed by atoms with Crippen molar-refractivity contribution < 1.29 is 9.18 Å². The maximum absolute atomic E-state index is 14.1. The van der Waals surface area contributed by atoms with E-state index in [-0.39, 0.29) is 11.7 Å². The summed E-state index contributed by atoms with van der Waals surface area (Å²) in [7, 11) is 0. The summed E-state index contributed by atoms with van der Waals surface area (Å²) in [6, 6.07) is 16.1. The molecule has 3 aromatic rings. The Morgan fingerprint density at radius 3 is 2.66 bits per heavy atom. The van der Waals surface area contributed by atoms with Gasteiger partial charge in [-0.15, -0.1) is 11.8 Å². The summed E-state index contributed by atoms with van der Waals surface area (Å²) in [5.41, 5.74) is 6.69. The van der Waals surface area contributed by atoms with Crippen molar-refractivity contribution in [3.63, 3.8) is 0 Å². The van der Waals surface area contributed by atoms with Crippen LogP contribution in [0.4, 0.5) is 4.39 Å². The minimum absolute atomic E-state index is 0.178. The molecule has 4 nitrogen and oxygen atoms in total. The van der Waals surface area contributed by atoms with Crippen LogP contribution < -0.4 is 5.43 Å². The molecule has 0 bridgehead atoms. The van der Waals surface area contributed by atoms with Gasteiger partial charge in [-0.25, -0.2) is 9.82 Å². The number of benzene rings is 2. The molecule has 3 rings (SSSR count). The average Bonchev–Trinajstić information content (AvgIpc) is 2.97. The summed E-state index contributed by atoms with van der Waals surface area (Å²) < 4.78 is 16.0. The van der Waals surface area contributed by atoms with E-state index in [2.05, 4.69) is 10.5 Å². The predicted octanol–water partition coefficient (Wildman–Crippen LogP) is 5.27. The zero-order valence-electron chi connectivity index (χ0n) is 16.2. The minimum Gasteiger partial charge on any atom is -0.315 e. The fraction of sp³-hybridized carbons (Fsp3) is 0.182. The molecule has 0 unspecified atom stereocenters. The number of carbonyl (C=O) groups is 1. The molecule has 0 spiro atoms. The fourth-order valence-electron chi connectivity index (χ4n) is 2.97. The molecule has 0 aliphatic carbocycles. The van der Waals surface area contributed by atoms with Crippen LogP contribution in [0.2, 0.25) is 5.02 Å². The second-order valence-corrected chi connectivity index (χ2v) is 7.95. The summed E-state index contributed by atoms with van der Waals surface area (Å²) in [5.74, 6) is 0.554. The highest BCUT2D eigenvalue weighted by atomic mass is 35.5. The van der Waals surface area contributed by atoms with Crippen LogP contribution in [-0.4, -0.2) is 22.4 Å². The molecule has 0 fully saturated rings. The van der Waals surface area contributed by atoms with E-state index in [0.717, 1.165) is 28.3 Å². The van der Waals surface area contributed by atoms with E-state index in [9.17, 15) is 9.18 Å². The molecule has 29 heavy (non-hydrogen) atoms. The Labute approximate surface area is 178 Å². The standard InChI is InChI=1S/C22H21ClFN3OS/c1-15-11-18(16(2)27(15)21-6-4-3-5-20(21)24)12-25-26-22(28)14-29-13-17-7-9-19(23)10-8-17/h3-12H,13-14H2,1-2H3,(H,26,28)/b25-12-. The minimum atomic E-state index is -0.288. The quantitative estimate of drug-likeness (QED) is 0.410. The molecule has 1 N–H and O–H groups in total. The van der Waals surface area contributed by atoms with Crippen LogP contribution >= 0.6 is 23.4 Å². The van der Waals surface area contributed by atoms with Gasteiger partial charge in [0.1, 0.15) is 5.82 Å². The van der Waals surface area contributed by atoms with Gasteiger partial charge in [-0.1, -0.05) is 35.9 Å². The number of rotatable bonds is 7. The number of aryl methyl sites for hydroxylation is 1. The van der Waals surface area contributed by atoms with Crippen molar-refractivity contribution in [3.05, 3.63) is 88.0 Å². The van der Waals surface area contributed by atoms with Gasteiger partial charge in [-0.05, 0) is 49.7 Å². The van der Waals surface area contributed by atoms with Crippen LogP contribution in [0, 0.1) is 19.7 Å². The molecule has 150 valence electrons. The molecule has 0 atom stereocenters. The van der Waals surface area contributed by atoms with Crippen molar-refractivity contribution in [2.75, 3.05) is 5.75 Å². The summed E-state index contributed by atoms with van der Waals surface area (Å²) in [4.78, 5) is 12.0. The molecule has 1 aromatic heterocycles. The first kappa shape index (κ1) is 21.1. The lowest BCUT2D eigenvalue weighted by atomic mass is 10.2. The average molecular weight is 430 g/mol. The Hall–Kier alpha value is -2.57. The maximum Gasteiger partial charge on any atom is 0.250 e. The first-order valence-electron chi connectivity index (χ1n) is 9.03. The van der Waals surface area contributed by atoms with Gasteiger partial charge in [-0.3, -0.25) is 4.79 Å². The number of nitrogens with zero attached hydrogens (tertiary/aromatic N) is 2. The second-order valence-electron chi connectivity index (χ2n) is 6.53. The summed E-state index contributed by atoms with van der Waals surface area (Å²) in [5, 5.41) is 4.74. The van der Waals surface area contributed by atoms with Gasteiger partial charge >= 0.3 is 0 Å². The lowest BCUT2D eigenvalue weighted by Crippen LogP contribution is -2.19. The zero-order chi connectivity index (χ0) is 20.8. The Kier molecular flexibility index (Phi) is 7.12. The fourth-order valence-corrected chi connectivity index (χ4v) is 3.88. The lowest BCUT2D eigenvalue weighted by Gasteiger charge is -2.10. The van der Waals surface area contributed by atoms with Gasteiger partial charge in [0.15, 0.2) is 0 Å². The number of hydrogen-bond acceptors (Lipinski definition) is 3. The monoisotopic (exact) mass is 429 g/mol. The largest absolute Gasteiger partial charge is 0.315 e. The van der Waals surface area contributed by atoms with E-state index < -0.39 is 0 Å². The number of nitrogens with one attached hydrogen (secondary N) is 1. The normalized spacial score (nSPS) is 11.2. The molecule has 1 amide bonds. The number of amides is 1. The van der Waals surface area contributed by atoms with Gasteiger partial charge in [-0.2, -0.15) is 5.10 Å². The molecule has 0 radical (unpaired) electrons.